The Labute approximate surface area is 108 Å². The first-order valence-electron chi connectivity index (χ1n) is 5.08. The third-order valence-electron chi connectivity index (χ3n) is 1.89. The number of hydrogen-bond donors (Lipinski definition) is 3. The van der Waals surface area contributed by atoms with Crippen LogP contribution < -0.4 is 10.1 Å². The molecule has 1 rings (SSSR count). The molecule has 0 heterocycles. The quantitative estimate of drug-likeness (QED) is 0.698. The fraction of sp³-hybridized carbons (Fsp3) is 0.400. The van der Waals surface area contributed by atoms with Crippen LogP contribution in [-0.2, 0) is 11.1 Å². The van der Waals surface area contributed by atoms with Crippen LogP contribution in [0, 0.1) is 0 Å². The van der Waals surface area contributed by atoms with Gasteiger partial charge in [-0.3, -0.25) is 4.57 Å². The van der Waals surface area contributed by atoms with Gasteiger partial charge in [0, 0.05) is 11.0 Å². The second-order valence-electron chi connectivity index (χ2n) is 3.48. The summed E-state index contributed by atoms with van der Waals surface area (Å²) in [5, 5.41) is 2.70. The molecule has 3 N–H and O–H groups in total. The van der Waals surface area contributed by atoms with E-state index in [1.165, 1.54) is 0 Å². The molecule has 1 aromatic carbocycles. The molecule has 0 saturated carbocycles. The number of hydrogen-bond acceptors (Lipinski definition) is 3. The third-order valence-corrected chi connectivity index (χ3v) is 2.98. The van der Waals surface area contributed by atoms with Crippen molar-refractivity contribution in [2.24, 2.45) is 0 Å². The van der Waals surface area contributed by atoms with Gasteiger partial charge in [0.1, 0.15) is 5.75 Å². The molecule has 1 aromatic rings. The van der Waals surface area contributed by atoms with Gasteiger partial charge in [0.2, 0.25) is 0 Å². The molecule has 0 atom stereocenters. The minimum absolute atomic E-state index is 0.330. The van der Waals surface area contributed by atoms with Crippen LogP contribution in [0.5, 0.6) is 5.75 Å². The Balaban J connectivity index is 2.61. The molecule has 0 aliphatic heterocycles. The Morgan fingerprint density at radius 2 is 2.12 bits per heavy atom. The summed E-state index contributed by atoms with van der Waals surface area (Å²) in [6, 6.07) is 5.55. The Kier molecular flexibility index (Phi) is 5.62. The molecule has 5 nitrogen and oxygen atoms in total. The standard InChI is InChI=1S/C10H15BrNO4P/c1-2-16-10-4-8(3-9(11)5-10)6-12-7-17(13,14)15/h3-5,12H,2,6-7H2,1H3,(H2,13,14,15). The average molecular weight is 324 g/mol. The van der Waals surface area contributed by atoms with E-state index in [1.807, 2.05) is 25.1 Å². The molecule has 0 unspecified atom stereocenters. The van der Waals surface area contributed by atoms with Crippen molar-refractivity contribution in [3.05, 3.63) is 28.2 Å². The van der Waals surface area contributed by atoms with Crippen molar-refractivity contribution in [2.75, 3.05) is 12.9 Å². The molecule has 7 heteroatoms. The van der Waals surface area contributed by atoms with Crippen LogP contribution >= 0.6 is 23.5 Å². The summed E-state index contributed by atoms with van der Waals surface area (Å²) in [6.45, 7) is 2.85. The van der Waals surface area contributed by atoms with E-state index in [-0.39, 0.29) is 6.29 Å². The molecule has 0 spiro atoms. The van der Waals surface area contributed by atoms with Gasteiger partial charge in [-0.1, -0.05) is 15.9 Å². The monoisotopic (exact) mass is 323 g/mol. The number of rotatable bonds is 6. The maximum absolute atomic E-state index is 10.7. The van der Waals surface area contributed by atoms with Crippen LogP contribution in [0.15, 0.2) is 22.7 Å². The number of halogens is 1. The SMILES string of the molecule is CCOc1cc(Br)cc(CNCP(=O)(O)O)c1. The van der Waals surface area contributed by atoms with Crippen LogP contribution in [0.3, 0.4) is 0 Å². The minimum atomic E-state index is -3.99. The smallest absolute Gasteiger partial charge is 0.339 e. The van der Waals surface area contributed by atoms with Crippen molar-refractivity contribution in [2.45, 2.75) is 13.5 Å². The molecule has 0 aliphatic carbocycles. The van der Waals surface area contributed by atoms with Crippen LogP contribution in [0.2, 0.25) is 0 Å². The lowest BCUT2D eigenvalue weighted by atomic mass is 10.2. The molecular weight excluding hydrogens is 309 g/mol. The predicted molar refractivity (Wildman–Crippen MR) is 69.1 cm³/mol. The van der Waals surface area contributed by atoms with Crippen LogP contribution in [0.4, 0.5) is 0 Å². The summed E-state index contributed by atoms with van der Waals surface area (Å²) in [6.07, 6.45) is -0.330. The third kappa shape index (κ3) is 6.19. The van der Waals surface area contributed by atoms with Crippen molar-refractivity contribution >= 4 is 23.5 Å². The van der Waals surface area contributed by atoms with Gasteiger partial charge < -0.3 is 19.8 Å². The van der Waals surface area contributed by atoms with Gasteiger partial charge in [0.15, 0.2) is 0 Å². The molecule has 0 aromatic heterocycles. The average Bonchev–Trinajstić information content (AvgIpc) is 2.15. The van der Waals surface area contributed by atoms with Crippen molar-refractivity contribution in [3.63, 3.8) is 0 Å². The number of benzene rings is 1. The van der Waals surface area contributed by atoms with Gasteiger partial charge in [-0.05, 0) is 30.7 Å². The Bertz CT molecular complexity index is 421. The highest BCUT2D eigenvalue weighted by Gasteiger charge is 2.11. The van der Waals surface area contributed by atoms with E-state index in [0.717, 1.165) is 15.8 Å². The lowest BCUT2D eigenvalue weighted by Crippen LogP contribution is -2.14. The number of ether oxygens (including phenoxy) is 1. The summed E-state index contributed by atoms with van der Waals surface area (Å²) >= 11 is 3.35. The van der Waals surface area contributed by atoms with E-state index in [1.54, 1.807) is 0 Å². The first-order valence-corrected chi connectivity index (χ1v) is 7.67. The van der Waals surface area contributed by atoms with Crippen molar-refractivity contribution in [1.29, 1.82) is 0 Å². The Hall–Kier alpha value is -0.390. The summed E-state index contributed by atoms with van der Waals surface area (Å²) in [4.78, 5) is 17.4. The molecule has 17 heavy (non-hydrogen) atoms. The zero-order valence-electron chi connectivity index (χ0n) is 9.39. The van der Waals surface area contributed by atoms with Crippen molar-refractivity contribution in [3.8, 4) is 5.75 Å². The molecular formula is C10H15BrNO4P. The summed E-state index contributed by atoms with van der Waals surface area (Å²) in [7, 11) is -3.99. The van der Waals surface area contributed by atoms with Gasteiger partial charge >= 0.3 is 7.60 Å². The normalized spacial score (nSPS) is 11.5. The molecule has 0 fully saturated rings. The largest absolute Gasteiger partial charge is 0.494 e. The van der Waals surface area contributed by atoms with Crippen LogP contribution in [-0.4, -0.2) is 22.7 Å². The van der Waals surface area contributed by atoms with Crippen molar-refractivity contribution < 1.29 is 19.1 Å². The highest BCUT2D eigenvalue weighted by molar-refractivity contribution is 9.10. The summed E-state index contributed by atoms with van der Waals surface area (Å²) < 4.78 is 16.9. The maximum Gasteiger partial charge on any atom is 0.339 e. The maximum atomic E-state index is 10.7. The molecule has 0 saturated heterocycles. The van der Waals surface area contributed by atoms with Crippen LogP contribution in [0.1, 0.15) is 12.5 Å². The summed E-state index contributed by atoms with van der Waals surface area (Å²) in [5.74, 6) is 0.731. The molecule has 0 amide bonds. The van der Waals surface area contributed by atoms with Gasteiger partial charge in [0.25, 0.3) is 0 Å². The topological polar surface area (TPSA) is 78.8 Å². The van der Waals surface area contributed by atoms with Crippen LogP contribution in [0.25, 0.3) is 0 Å². The minimum Gasteiger partial charge on any atom is -0.494 e. The van der Waals surface area contributed by atoms with E-state index in [0.29, 0.717) is 13.2 Å². The van der Waals surface area contributed by atoms with E-state index >= 15 is 0 Å². The first-order chi connectivity index (χ1) is 7.90. The summed E-state index contributed by atoms with van der Waals surface area (Å²) in [5.41, 5.74) is 0.899. The Morgan fingerprint density at radius 3 is 2.71 bits per heavy atom. The fourth-order valence-corrected chi connectivity index (χ4v) is 2.24. The predicted octanol–water partition coefficient (Wildman–Crippen LogP) is 2.07. The second-order valence-corrected chi connectivity index (χ2v) is 6.04. The van der Waals surface area contributed by atoms with E-state index < -0.39 is 7.60 Å². The highest BCUT2D eigenvalue weighted by atomic mass is 79.9. The highest BCUT2D eigenvalue weighted by Crippen LogP contribution is 2.32. The first kappa shape index (κ1) is 14.7. The molecule has 96 valence electrons. The molecule has 0 radical (unpaired) electrons. The van der Waals surface area contributed by atoms with Gasteiger partial charge in [-0.2, -0.15) is 0 Å². The van der Waals surface area contributed by atoms with E-state index in [9.17, 15) is 4.57 Å². The van der Waals surface area contributed by atoms with Gasteiger partial charge in [-0.15, -0.1) is 0 Å². The van der Waals surface area contributed by atoms with E-state index in [2.05, 4.69) is 21.2 Å². The lowest BCUT2D eigenvalue weighted by Gasteiger charge is -2.09. The second kappa shape index (κ2) is 6.52. The Morgan fingerprint density at radius 1 is 1.41 bits per heavy atom. The van der Waals surface area contributed by atoms with Gasteiger partial charge in [0.05, 0.1) is 12.9 Å². The molecule has 0 aliphatic rings. The zero-order chi connectivity index (χ0) is 12.9. The zero-order valence-corrected chi connectivity index (χ0v) is 11.9. The molecule has 0 bridgehead atoms. The number of nitrogens with one attached hydrogen (secondary N) is 1. The van der Waals surface area contributed by atoms with E-state index in [4.69, 9.17) is 14.5 Å². The van der Waals surface area contributed by atoms with Gasteiger partial charge in [-0.25, -0.2) is 0 Å². The fourth-order valence-electron chi connectivity index (χ4n) is 1.32. The lowest BCUT2D eigenvalue weighted by molar-refractivity contribution is 0.339. The van der Waals surface area contributed by atoms with Crippen molar-refractivity contribution in [1.82, 2.24) is 5.32 Å².